The van der Waals surface area contributed by atoms with Crippen molar-refractivity contribution in [1.29, 1.82) is 0 Å². The molecule has 2 heterocycles. The molecule has 0 unspecified atom stereocenters. The van der Waals surface area contributed by atoms with E-state index in [1.807, 2.05) is 22.6 Å². The van der Waals surface area contributed by atoms with Gasteiger partial charge >= 0.3 is 0 Å². The maximum Gasteiger partial charge on any atom is 0.138 e. The molecule has 0 N–H and O–H groups in total. The number of fused-ring (bicyclic) bond motifs is 1. The minimum absolute atomic E-state index is 0.672. The Bertz CT molecular complexity index is 471. The summed E-state index contributed by atoms with van der Waals surface area (Å²) in [6.07, 6.45) is 5.97. The Balaban J connectivity index is 2.15. The Labute approximate surface area is 87.5 Å². The average Bonchev–Trinajstić information content (AvgIpc) is 2.46. The molecule has 1 saturated carbocycles. The molecule has 2 aromatic rings. The summed E-state index contributed by atoms with van der Waals surface area (Å²) in [6.45, 7) is 0. The van der Waals surface area contributed by atoms with Crippen molar-refractivity contribution in [3.05, 3.63) is 35.2 Å². The zero-order valence-electron chi connectivity index (χ0n) is 7.78. The predicted octanol–water partition coefficient (Wildman–Crippen LogP) is 3.26. The van der Waals surface area contributed by atoms with Crippen molar-refractivity contribution in [2.45, 2.75) is 25.2 Å². The van der Waals surface area contributed by atoms with Gasteiger partial charge < -0.3 is 0 Å². The Morgan fingerprint density at radius 1 is 1.36 bits per heavy atom. The summed E-state index contributed by atoms with van der Waals surface area (Å²) in [6, 6.07) is 5.82. The zero-order chi connectivity index (χ0) is 9.54. The molecule has 3 heteroatoms. The van der Waals surface area contributed by atoms with Crippen molar-refractivity contribution < 1.29 is 0 Å². The van der Waals surface area contributed by atoms with Crippen LogP contribution < -0.4 is 0 Å². The lowest BCUT2D eigenvalue weighted by Crippen LogP contribution is -2.08. The van der Waals surface area contributed by atoms with Crippen LogP contribution in [0.5, 0.6) is 0 Å². The van der Waals surface area contributed by atoms with E-state index >= 15 is 0 Å². The normalized spacial score (nSPS) is 17.2. The molecule has 0 spiro atoms. The number of hydrogen-bond donors (Lipinski definition) is 0. The average molecular weight is 207 g/mol. The molecule has 1 aliphatic rings. The number of hydrogen-bond acceptors (Lipinski definition) is 1. The quantitative estimate of drug-likeness (QED) is 0.655. The first-order valence-corrected chi connectivity index (χ1v) is 5.36. The van der Waals surface area contributed by atoms with E-state index in [9.17, 15) is 0 Å². The molecule has 1 fully saturated rings. The first-order valence-electron chi connectivity index (χ1n) is 4.98. The SMILES string of the molecule is Clc1cccc2nc(C3CCC3)cn12. The second-order valence-corrected chi connectivity index (χ2v) is 4.26. The van der Waals surface area contributed by atoms with Gasteiger partial charge in [-0.2, -0.15) is 0 Å². The molecule has 0 atom stereocenters. The van der Waals surface area contributed by atoms with Crippen molar-refractivity contribution >= 4 is 17.2 Å². The van der Waals surface area contributed by atoms with Crippen LogP contribution in [-0.4, -0.2) is 9.38 Å². The van der Waals surface area contributed by atoms with E-state index in [4.69, 9.17) is 11.6 Å². The van der Waals surface area contributed by atoms with Gasteiger partial charge in [-0.1, -0.05) is 24.1 Å². The van der Waals surface area contributed by atoms with Crippen LogP contribution in [0.3, 0.4) is 0 Å². The number of nitrogens with zero attached hydrogens (tertiary/aromatic N) is 2. The smallest absolute Gasteiger partial charge is 0.138 e. The molecule has 0 radical (unpaired) electrons. The number of halogens is 1. The summed E-state index contributed by atoms with van der Waals surface area (Å²) < 4.78 is 1.95. The van der Waals surface area contributed by atoms with E-state index in [1.54, 1.807) is 0 Å². The molecule has 0 aliphatic heterocycles. The lowest BCUT2D eigenvalue weighted by molar-refractivity contribution is 0.412. The fraction of sp³-hybridized carbons (Fsp3) is 0.364. The van der Waals surface area contributed by atoms with Gasteiger partial charge in [0.1, 0.15) is 10.8 Å². The number of aromatic nitrogens is 2. The molecule has 0 aromatic carbocycles. The van der Waals surface area contributed by atoms with Crippen LogP contribution in [-0.2, 0) is 0 Å². The Morgan fingerprint density at radius 3 is 2.86 bits per heavy atom. The van der Waals surface area contributed by atoms with Gasteiger partial charge in [0.25, 0.3) is 0 Å². The van der Waals surface area contributed by atoms with Gasteiger partial charge in [0.2, 0.25) is 0 Å². The third kappa shape index (κ3) is 1.14. The Kier molecular flexibility index (Phi) is 1.77. The summed E-state index contributed by atoms with van der Waals surface area (Å²) >= 11 is 6.06. The van der Waals surface area contributed by atoms with Crippen molar-refractivity contribution in [3.8, 4) is 0 Å². The Hall–Kier alpha value is -1.02. The van der Waals surface area contributed by atoms with E-state index in [0.29, 0.717) is 5.92 Å². The summed E-state index contributed by atoms with van der Waals surface area (Å²) in [7, 11) is 0. The van der Waals surface area contributed by atoms with Gasteiger partial charge in [0.15, 0.2) is 0 Å². The third-order valence-electron chi connectivity index (χ3n) is 2.98. The van der Waals surface area contributed by atoms with Gasteiger partial charge in [0, 0.05) is 12.1 Å². The topological polar surface area (TPSA) is 17.3 Å². The summed E-state index contributed by atoms with van der Waals surface area (Å²) in [4.78, 5) is 4.57. The molecule has 14 heavy (non-hydrogen) atoms. The fourth-order valence-electron chi connectivity index (χ4n) is 1.90. The fourth-order valence-corrected chi connectivity index (χ4v) is 2.10. The molecule has 3 rings (SSSR count). The lowest BCUT2D eigenvalue weighted by atomic mass is 9.83. The molecule has 2 nitrogen and oxygen atoms in total. The van der Waals surface area contributed by atoms with E-state index in [2.05, 4.69) is 11.2 Å². The predicted molar refractivity (Wildman–Crippen MR) is 56.8 cm³/mol. The largest absolute Gasteiger partial charge is 0.290 e. The zero-order valence-corrected chi connectivity index (χ0v) is 8.54. The molecule has 72 valence electrons. The maximum absolute atomic E-state index is 6.06. The Morgan fingerprint density at radius 2 is 2.21 bits per heavy atom. The lowest BCUT2D eigenvalue weighted by Gasteiger charge is -2.22. The van der Waals surface area contributed by atoms with Crippen molar-refractivity contribution in [2.24, 2.45) is 0 Å². The second kappa shape index (κ2) is 2.99. The highest BCUT2D eigenvalue weighted by molar-refractivity contribution is 6.29. The van der Waals surface area contributed by atoms with Crippen molar-refractivity contribution in [3.63, 3.8) is 0 Å². The highest BCUT2D eigenvalue weighted by Crippen LogP contribution is 2.35. The highest BCUT2D eigenvalue weighted by atomic mass is 35.5. The van der Waals surface area contributed by atoms with Gasteiger partial charge in [0.05, 0.1) is 5.69 Å². The van der Waals surface area contributed by atoms with Crippen LogP contribution in [0.25, 0.3) is 5.65 Å². The number of imidazole rings is 1. The highest BCUT2D eigenvalue weighted by Gasteiger charge is 2.22. The van der Waals surface area contributed by atoms with E-state index in [0.717, 1.165) is 10.8 Å². The molecular formula is C11H11ClN2. The first kappa shape index (κ1) is 8.30. The van der Waals surface area contributed by atoms with Gasteiger partial charge in [-0.05, 0) is 25.0 Å². The van der Waals surface area contributed by atoms with Gasteiger partial charge in [-0.25, -0.2) is 4.98 Å². The summed E-state index contributed by atoms with van der Waals surface area (Å²) in [5.41, 5.74) is 2.16. The molecule has 2 aromatic heterocycles. The number of pyridine rings is 1. The van der Waals surface area contributed by atoms with E-state index in [-0.39, 0.29) is 0 Å². The van der Waals surface area contributed by atoms with E-state index < -0.39 is 0 Å². The second-order valence-electron chi connectivity index (χ2n) is 3.87. The molecular weight excluding hydrogens is 196 g/mol. The first-order chi connectivity index (χ1) is 6.84. The minimum atomic E-state index is 0.672. The van der Waals surface area contributed by atoms with Gasteiger partial charge in [-0.3, -0.25) is 4.40 Å². The minimum Gasteiger partial charge on any atom is -0.290 e. The van der Waals surface area contributed by atoms with Crippen molar-refractivity contribution in [1.82, 2.24) is 9.38 Å². The van der Waals surface area contributed by atoms with Crippen molar-refractivity contribution in [2.75, 3.05) is 0 Å². The molecule has 1 aliphatic carbocycles. The molecule has 0 bridgehead atoms. The van der Waals surface area contributed by atoms with Crippen LogP contribution in [0, 0.1) is 0 Å². The monoisotopic (exact) mass is 206 g/mol. The van der Waals surface area contributed by atoms with Gasteiger partial charge in [-0.15, -0.1) is 0 Å². The van der Waals surface area contributed by atoms with E-state index in [1.165, 1.54) is 25.0 Å². The maximum atomic E-state index is 6.06. The van der Waals surface area contributed by atoms with Crippen LogP contribution in [0.15, 0.2) is 24.4 Å². The summed E-state index contributed by atoms with van der Waals surface area (Å²) in [5.74, 6) is 0.672. The van der Waals surface area contributed by atoms with Crippen LogP contribution in [0.4, 0.5) is 0 Å². The molecule has 0 amide bonds. The molecule has 0 saturated heterocycles. The van der Waals surface area contributed by atoms with Crippen LogP contribution in [0.1, 0.15) is 30.9 Å². The summed E-state index contributed by atoms with van der Waals surface area (Å²) in [5, 5.41) is 0.737. The standard InChI is InChI=1S/C11H11ClN2/c12-10-5-2-6-11-13-9(7-14(10)11)8-3-1-4-8/h2,5-8H,1,3-4H2. The van der Waals surface area contributed by atoms with Crippen LogP contribution in [0.2, 0.25) is 5.15 Å². The van der Waals surface area contributed by atoms with Crippen LogP contribution >= 0.6 is 11.6 Å². The number of rotatable bonds is 1. The third-order valence-corrected chi connectivity index (χ3v) is 3.29.